The van der Waals surface area contributed by atoms with Gasteiger partial charge in [-0.05, 0) is 12.0 Å². The number of hydrogen-bond donors (Lipinski definition) is 0. The Kier molecular flexibility index (Phi) is 7.50. The highest BCUT2D eigenvalue weighted by Crippen LogP contribution is 2.14. The van der Waals surface area contributed by atoms with Gasteiger partial charge in [-0.25, -0.2) is 4.98 Å². The molecule has 0 radical (unpaired) electrons. The van der Waals surface area contributed by atoms with Crippen LogP contribution in [0.3, 0.4) is 0 Å². The number of pyridine rings is 1. The molecule has 18 heavy (non-hydrogen) atoms. The average Bonchev–Trinajstić information content (AvgIpc) is 2.42. The molecular weight excluding hydrogens is 233 g/mol. The number of methoxy groups -OCH3 is 1. The number of nitroso groups, excluding NO2 is 2. The highest BCUT2D eigenvalue weighted by molar-refractivity contribution is 6.70. The van der Waals surface area contributed by atoms with Crippen molar-refractivity contribution in [3.63, 3.8) is 0 Å². The zero-order valence-corrected chi connectivity index (χ0v) is 11.4. The van der Waals surface area contributed by atoms with Crippen LogP contribution >= 0.6 is 0 Å². The second kappa shape index (κ2) is 8.33. The SMILES string of the molecule is CC.COc1nc(C(C)C)ccc1B(N=O)N=O. The lowest BCUT2D eigenvalue weighted by Gasteiger charge is -2.09. The molecule has 0 aliphatic carbocycles. The summed E-state index contributed by atoms with van der Waals surface area (Å²) in [4.78, 5) is 25.0. The molecule has 0 aromatic carbocycles. The van der Waals surface area contributed by atoms with Gasteiger partial charge in [-0.15, -0.1) is 0 Å². The lowest BCUT2D eigenvalue weighted by Crippen LogP contribution is -2.28. The Morgan fingerprint density at radius 2 is 1.78 bits per heavy atom. The molecule has 0 amide bonds. The van der Waals surface area contributed by atoms with Gasteiger partial charge in [0.25, 0.3) is 0 Å². The first-order valence-electron chi connectivity index (χ1n) is 5.83. The largest absolute Gasteiger partial charge is 0.553 e. The fourth-order valence-electron chi connectivity index (χ4n) is 1.28. The third-order valence-electron chi connectivity index (χ3n) is 2.17. The Morgan fingerprint density at radius 1 is 1.22 bits per heavy atom. The minimum Gasteiger partial charge on any atom is -0.481 e. The first-order chi connectivity index (χ1) is 8.63. The van der Waals surface area contributed by atoms with E-state index in [0.29, 0.717) is 0 Å². The van der Waals surface area contributed by atoms with Crippen LogP contribution in [0.1, 0.15) is 39.3 Å². The molecule has 7 heteroatoms. The summed E-state index contributed by atoms with van der Waals surface area (Å²) < 4.78 is 5.01. The molecule has 0 spiro atoms. The summed E-state index contributed by atoms with van der Waals surface area (Å²) in [5.74, 6) is 0.449. The molecule has 0 saturated heterocycles. The van der Waals surface area contributed by atoms with Crippen LogP contribution in [0.2, 0.25) is 0 Å². The van der Waals surface area contributed by atoms with Gasteiger partial charge in [-0.3, -0.25) is 0 Å². The minimum absolute atomic E-state index is 0.218. The van der Waals surface area contributed by atoms with Gasteiger partial charge in [0, 0.05) is 11.2 Å². The van der Waals surface area contributed by atoms with Crippen molar-refractivity contribution >= 4 is 12.4 Å². The molecule has 0 saturated carbocycles. The fraction of sp³-hybridized carbons (Fsp3) is 0.545. The van der Waals surface area contributed by atoms with Crippen LogP contribution in [0.15, 0.2) is 22.3 Å². The van der Waals surface area contributed by atoms with Gasteiger partial charge >= 0.3 is 6.98 Å². The van der Waals surface area contributed by atoms with Gasteiger partial charge in [0.05, 0.1) is 7.11 Å². The summed E-state index contributed by atoms with van der Waals surface area (Å²) >= 11 is 0. The highest BCUT2D eigenvalue weighted by Gasteiger charge is 2.26. The molecule has 1 aromatic rings. The maximum atomic E-state index is 10.4. The summed E-state index contributed by atoms with van der Waals surface area (Å²) in [5, 5.41) is 5.22. The van der Waals surface area contributed by atoms with Crippen molar-refractivity contribution in [3.8, 4) is 5.88 Å². The summed E-state index contributed by atoms with van der Waals surface area (Å²) in [6.07, 6.45) is 0. The highest BCUT2D eigenvalue weighted by atomic mass is 16.5. The van der Waals surface area contributed by atoms with Crippen LogP contribution in [0.5, 0.6) is 5.88 Å². The van der Waals surface area contributed by atoms with Crippen LogP contribution in [0.4, 0.5) is 0 Å². The third-order valence-corrected chi connectivity index (χ3v) is 2.17. The lowest BCUT2D eigenvalue weighted by atomic mass is 9.71. The molecule has 98 valence electrons. The molecule has 6 nitrogen and oxygen atoms in total. The molecule has 0 aliphatic heterocycles. The monoisotopic (exact) mass is 251 g/mol. The van der Waals surface area contributed by atoms with E-state index in [9.17, 15) is 9.81 Å². The standard InChI is InChI=1S/C9H12BN3O3.C2H6/c1-6(2)8-5-4-7(9(11-8)16-3)10(12-14)13-15;1-2/h4-6H,1-3H3;1-2H3. The Bertz CT molecular complexity index is 391. The number of aromatic nitrogens is 1. The van der Waals surface area contributed by atoms with Crippen molar-refractivity contribution < 1.29 is 4.74 Å². The van der Waals surface area contributed by atoms with E-state index in [4.69, 9.17) is 4.74 Å². The summed E-state index contributed by atoms with van der Waals surface area (Å²) in [5.41, 5.74) is 1.10. The van der Waals surface area contributed by atoms with Crippen molar-refractivity contribution in [1.82, 2.24) is 4.98 Å². The van der Waals surface area contributed by atoms with E-state index in [0.717, 1.165) is 5.69 Å². The van der Waals surface area contributed by atoms with Crippen molar-refractivity contribution in [2.75, 3.05) is 7.11 Å². The van der Waals surface area contributed by atoms with Crippen molar-refractivity contribution in [1.29, 1.82) is 0 Å². The van der Waals surface area contributed by atoms with E-state index < -0.39 is 6.98 Å². The van der Waals surface area contributed by atoms with Crippen LogP contribution in [-0.4, -0.2) is 19.1 Å². The van der Waals surface area contributed by atoms with Gasteiger partial charge < -0.3 is 4.74 Å². The lowest BCUT2D eigenvalue weighted by molar-refractivity contribution is 0.399. The molecule has 0 fully saturated rings. The average molecular weight is 251 g/mol. The topological polar surface area (TPSA) is 81.0 Å². The van der Waals surface area contributed by atoms with Crippen LogP contribution in [-0.2, 0) is 0 Å². The maximum Gasteiger partial charge on any atom is 0.553 e. The first kappa shape index (κ1) is 16.2. The van der Waals surface area contributed by atoms with Gasteiger partial charge in [0.15, 0.2) is 0 Å². The van der Waals surface area contributed by atoms with Crippen LogP contribution < -0.4 is 10.2 Å². The van der Waals surface area contributed by atoms with Gasteiger partial charge in [-0.1, -0.05) is 43.9 Å². The Hall–Kier alpha value is -1.79. The van der Waals surface area contributed by atoms with Gasteiger partial charge in [0.1, 0.15) is 0 Å². The molecule has 0 N–H and O–H groups in total. The summed E-state index contributed by atoms with van der Waals surface area (Å²) in [6, 6.07) is 3.32. The van der Waals surface area contributed by atoms with E-state index in [1.807, 2.05) is 27.7 Å². The number of hydrogen-bond acceptors (Lipinski definition) is 6. The number of ether oxygens (including phenoxy) is 1. The summed E-state index contributed by atoms with van der Waals surface area (Å²) in [7, 11) is 1.42. The van der Waals surface area contributed by atoms with Gasteiger partial charge in [-0.2, -0.15) is 9.81 Å². The summed E-state index contributed by atoms with van der Waals surface area (Å²) in [6.45, 7) is 6.66. The van der Waals surface area contributed by atoms with Crippen LogP contribution in [0, 0.1) is 9.81 Å². The number of nitrogens with zero attached hydrogens (tertiary/aromatic N) is 3. The smallest absolute Gasteiger partial charge is 0.481 e. The Balaban J connectivity index is 0.00000137. The first-order valence-corrected chi connectivity index (χ1v) is 5.83. The zero-order chi connectivity index (χ0) is 14.1. The van der Waals surface area contributed by atoms with Crippen LogP contribution in [0.25, 0.3) is 0 Å². The quantitative estimate of drug-likeness (QED) is 0.594. The zero-order valence-electron chi connectivity index (χ0n) is 11.4. The molecule has 1 rings (SSSR count). The molecule has 0 unspecified atom stereocenters. The maximum absolute atomic E-state index is 10.4. The third kappa shape index (κ3) is 3.90. The van der Waals surface area contributed by atoms with E-state index in [-0.39, 0.29) is 17.3 Å². The predicted molar refractivity (Wildman–Crippen MR) is 73.2 cm³/mol. The molecule has 0 bridgehead atoms. The normalized spacial score (nSPS) is 9.22. The fourth-order valence-corrected chi connectivity index (χ4v) is 1.28. The van der Waals surface area contributed by atoms with Gasteiger partial charge in [0.2, 0.25) is 5.88 Å². The molecule has 0 atom stereocenters. The van der Waals surface area contributed by atoms with Crippen molar-refractivity contribution in [2.24, 2.45) is 10.2 Å². The van der Waals surface area contributed by atoms with E-state index >= 15 is 0 Å². The molecule has 1 heterocycles. The molecule has 1 aromatic heterocycles. The second-order valence-corrected chi connectivity index (χ2v) is 3.57. The predicted octanol–water partition coefficient (Wildman–Crippen LogP) is 2.47. The van der Waals surface area contributed by atoms with E-state index in [1.54, 1.807) is 12.1 Å². The Morgan fingerprint density at radius 3 is 2.17 bits per heavy atom. The van der Waals surface area contributed by atoms with E-state index in [1.165, 1.54) is 7.11 Å². The van der Waals surface area contributed by atoms with E-state index in [2.05, 4.69) is 15.2 Å². The minimum atomic E-state index is -1.30. The second-order valence-electron chi connectivity index (χ2n) is 3.57. The molecule has 0 aliphatic rings. The number of rotatable bonds is 5. The molecular formula is C11H18BN3O3. The Labute approximate surface area is 107 Å². The van der Waals surface area contributed by atoms with Crippen molar-refractivity contribution in [2.45, 2.75) is 33.6 Å². The van der Waals surface area contributed by atoms with Crippen molar-refractivity contribution in [3.05, 3.63) is 27.6 Å².